The van der Waals surface area contributed by atoms with Crippen molar-refractivity contribution in [2.45, 2.75) is 99.2 Å². The summed E-state index contributed by atoms with van der Waals surface area (Å²) in [6, 6.07) is 1.86. The van der Waals surface area contributed by atoms with Gasteiger partial charge >= 0.3 is 51.4 Å². The predicted octanol–water partition coefficient (Wildman–Crippen LogP) is 2.65. The Morgan fingerprint density at radius 1 is 1.07 bits per heavy atom. The zero-order valence-electron chi connectivity index (χ0n) is 20.9. The van der Waals surface area contributed by atoms with Gasteiger partial charge in [0.15, 0.2) is 11.5 Å². The van der Waals surface area contributed by atoms with Gasteiger partial charge in [-0.2, -0.15) is 0 Å². The third-order valence-corrected chi connectivity index (χ3v) is 5.93. The van der Waals surface area contributed by atoms with E-state index in [2.05, 4.69) is 0 Å². The van der Waals surface area contributed by atoms with Gasteiger partial charge in [-0.1, -0.05) is 75.3 Å². The van der Waals surface area contributed by atoms with Gasteiger partial charge in [-0.25, -0.2) is 0 Å². The van der Waals surface area contributed by atoms with Crippen LogP contribution in [0.3, 0.4) is 0 Å². The number of phenolic OH excluding ortho intramolecular Hbond substituents is 2. The van der Waals surface area contributed by atoms with Crippen LogP contribution < -0.4 is 56.5 Å². The molecule has 1 aromatic carbocycles. The molecule has 0 radical (unpaired) electrons. The fourth-order valence-corrected chi connectivity index (χ4v) is 4.65. The fraction of sp³-hybridized carbons (Fsp3) is 0.750. The molecule has 0 saturated heterocycles. The third-order valence-electron chi connectivity index (χ3n) is 5.93. The Labute approximate surface area is 221 Å². The maximum atomic E-state index is 13.2. The van der Waals surface area contributed by atoms with Gasteiger partial charge in [-0.05, 0) is 41.2 Å². The summed E-state index contributed by atoms with van der Waals surface area (Å²) < 4.78 is 5.57. The Morgan fingerprint density at radius 2 is 1.55 bits per heavy atom. The first-order valence-electron chi connectivity index (χ1n) is 10.9. The summed E-state index contributed by atoms with van der Waals surface area (Å²) in [6.45, 7) is 20.1. The van der Waals surface area contributed by atoms with Crippen molar-refractivity contribution in [3.63, 3.8) is 0 Å². The second-order valence-corrected chi connectivity index (χ2v) is 7.94. The summed E-state index contributed by atoms with van der Waals surface area (Å²) in [6.07, 6.45) is -0.807. The van der Waals surface area contributed by atoms with E-state index in [1.165, 1.54) is 0 Å². The molecule has 0 heterocycles. The van der Waals surface area contributed by atoms with Crippen LogP contribution in [0.1, 0.15) is 104 Å². The zero-order valence-corrected chi connectivity index (χ0v) is 24.0. The van der Waals surface area contributed by atoms with Crippen molar-refractivity contribution >= 4 is 0 Å². The van der Waals surface area contributed by atoms with E-state index in [-0.39, 0.29) is 80.6 Å². The first kappa shape index (κ1) is 31.6. The van der Waals surface area contributed by atoms with Crippen molar-refractivity contribution in [3.05, 3.63) is 22.8 Å². The predicted molar refractivity (Wildman–Crippen MR) is 116 cm³/mol. The van der Waals surface area contributed by atoms with Crippen molar-refractivity contribution < 1.29 is 71.4 Å². The number of methoxy groups -OCH3 is 1. The summed E-state index contributed by atoms with van der Waals surface area (Å²) in [4.78, 5) is 0. The van der Waals surface area contributed by atoms with Gasteiger partial charge in [0, 0.05) is 18.2 Å². The first-order valence-corrected chi connectivity index (χ1v) is 10.9. The van der Waals surface area contributed by atoms with Gasteiger partial charge in [-0.15, -0.1) is 0 Å². The number of aromatic hydroxyl groups is 2. The molecule has 1 aliphatic rings. The van der Waals surface area contributed by atoms with Gasteiger partial charge in [0.1, 0.15) is 0 Å². The van der Waals surface area contributed by atoms with Crippen LogP contribution in [0.2, 0.25) is 0 Å². The fourth-order valence-electron chi connectivity index (χ4n) is 4.65. The van der Waals surface area contributed by atoms with E-state index >= 15 is 0 Å². The van der Waals surface area contributed by atoms with Crippen LogP contribution in [-0.2, 0) is 10.2 Å². The number of hydrogen-bond acceptors (Lipinski definition) is 4. The molecule has 2 rings (SSSR count). The van der Waals surface area contributed by atoms with Crippen LogP contribution in [0.15, 0.2) is 6.07 Å². The van der Waals surface area contributed by atoms with Crippen LogP contribution in [0.4, 0.5) is 0 Å². The molecule has 4 unspecified atom stereocenters. The van der Waals surface area contributed by atoms with E-state index in [4.69, 9.17) is 4.74 Å². The molecule has 29 heavy (non-hydrogen) atoms. The molecule has 0 spiro atoms. The normalized spacial score (nSPS) is 25.2. The molecule has 1 aliphatic carbocycles. The third kappa shape index (κ3) is 6.00. The SMILES string of the molecule is CC.CC.CCC1(C)c2c(cc(C(C)C)c(O)c2O)C(OC)C([O-])C1C(C)C.[K+]. The van der Waals surface area contributed by atoms with E-state index in [0.717, 1.165) is 5.56 Å². The molecule has 0 saturated carbocycles. The van der Waals surface area contributed by atoms with Crippen molar-refractivity contribution in [2.75, 3.05) is 7.11 Å². The summed E-state index contributed by atoms with van der Waals surface area (Å²) in [5.41, 5.74) is 1.58. The second-order valence-electron chi connectivity index (χ2n) is 7.94. The second kappa shape index (κ2) is 13.7. The Hall–Kier alpha value is 0.376. The van der Waals surface area contributed by atoms with E-state index in [1.807, 2.05) is 75.3 Å². The smallest absolute Gasteiger partial charge is 0.850 e. The Kier molecular flexibility index (Phi) is 14.9. The monoisotopic (exact) mass is 434 g/mol. The number of hydrogen-bond donors (Lipinski definition) is 2. The molecule has 0 amide bonds. The summed E-state index contributed by atoms with van der Waals surface area (Å²) in [7, 11) is 1.55. The average Bonchev–Trinajstić information content (AvgIpc) is 2.67. The van der Waals surface area contributed by atoms with Gasteiger partial charge in [0.25, 0.3) is 0 Å². The van der Waals surface area contributed by atoms with Crippen LogP contribution in [-0.4, -0.2) is 23.4 Å². The summed E-state index contributed by atoms with van der Waals surface area (Å²) in [5, 5.41) is 34.6. The van der Waals surface area contributed by atoms with Gasteiger partial charge in [0.05, 0.1) is 6.10 Å². The van der Waals surface area contributed by atoms with E-state index in [0.29, 0.717) is 17.5 Å². The molecule has 0 fully saturated rings. The summed E-state index contributed by atoms with van der Waals surface area (Å²) in [5.74, 6) is -0.144. The molecule has 164 valence electrons. The van der Waals surface area contributed by atoms with Gasteiger partial charge in [-0.3, -0.25) is 0 Å². The van der Waals surface area contributed by atoms with Crippen LogP contribution in [0, 0.1) is 11.8 Å². The number of phenols is 2. The Balaban J connectivity index is 0. The molecule has 4 atom stereocenters. The van der Waals surface area contributed by atoms with Crippen molar-refractivity contribution in [3.8, 4) is 11.5 Å². The van der Waals surface area contributed by atoms with Crippen LogP contribution >= 0.6 is 0 Å². The quantitative estimate of drug-likeness (QED) is 0.564. The molecule has 4 nitrogen and oxygen atoms in total. The maximum Gasteiger partial charge on any atom is 1.00 e. The van der Waals surface area contributed by atoms with Gasteiger partial charge < -0.3 is 20.1 Å². The molecule has 0 bridgehead atoms. The number of ether oxygens (including phenoxy) is 1. The largest absolute Gasteiger partial charge is 1.00 e. The number of fused-ring (bicyclic) bond motifs is 1. The minimum atomic E-state index is -0.906. The Bertz CT molecular complexity index is 615. The Morgan fingerprint density at radius 3 is 1.90 bits per heavy atom. The molecule has 0 aromatic heterocycles. The molecule has 2 N–H and O–H groups in total. The van der Waals surface area contributed by atoms with E-state index in [9.17, 15) is 15.3 Å². The summed E-state index contributed by atoms with van der Waals surface area (Å²) >= 11 is 0. The molecule has 5 heteroatoms. The zero-order chi connectivity index (χ0) is 22.4. The first-order chi connectivity index (χ1) is 13.1. The molecule has 1 aromatic rings. The van der Waals surface area contributed by atoms with Crippen LogP contribution in [0.25, 0.3) is 0 Å². The van der Waals surface area contributed by atoms with Crippen molar-refractivity contribution in [1.82, 2.24) is 0 Å². The van der Waals surface area contributed by atoms with Crippen molar-refractivity contribution in [1.29, 1.82) is 0 Å². The van der Waals surface area contributed by atoms with Crippen LogP contribution in [0.5, 0.6) is 11.5 Å². The minimum Gasteiger partial charge on any atom is -0.850 e. The molecular formula is C24H43KO4. The number of rotatable bonds is 4. The van der Waals surface area contributed by atoms with E-state index in [1.54, 1.807) is 7.11 Å². The molecule has 0 aliphatic heterocycles. The van der Waals surface area contributed by atoms with Crippen molar-refractivity contribution in [2.24, 2.45) is 11.8 Å². The minimum absolute atomic E-state index is 0. The van der Waals surface area contributed by atoms with Gasteiger partial charge in [0.2, 0.25) is 0 Å². The average molecular weight is 435 g/mol. The number of benzene rings is 1. The van der Waals surface area contributed by atoms with E-state index < -0.39 is 17.6 Å². The maximum absolute atomic E-state index is 13.2. The standard InChI is InChI=1S/C20H31O4.2C2H6.K/c1-8-20(6)14(11(4)5)18(23)19(24-7)13-9-12(10(2)3)16(21)17(22)15(13)20;2*1-2;/h9-11,14,18-19,21-22H,8H2,1-7H3;2*1-2H3;/q-1;;;+1. The topological polar surface area (TPSA) is 72.8 Å². The molecular weight excluding hydrogens is 391 g/mol.